The fraction of sp³-hybridized carbons (Fsp3) is 0.321. The molecule has 0 radical (unpaired) electrons. The predicted octanol–water partition coefficient (Wildman–Crippen LogP) is 5.88. The third kappa shape index (κ3) is 5.16. The highest BCUT2D eigenvalue weighted by Crippen LogP contribution is 2.35. The molecule has 1 fully saturated rings. The summed E-state index contributed by atoms with van der Waals surface area (Å²) in [6.07, 6.45) is 2.93. The predicted molar refractivity (Wildman–Crippen MR) is 133 cm³/mol. The Morgan fingerprint density at radius 3 is 2.57 bits per heavy atom. The van der Waals surface area contributed by atoms with Crippen molar-refractivity contribution in [2.75, 3.05) is 6.54 Å². The molecule has 0 bridgehead atoms. The normalized spacial score (nSPS) is 18.2. The van der Waals surface area contributed by atoms with E-state index in [4.69, 9.17) is 0 Å². The number of alkyl halides is 3. The lowest BCUT2D eigenvalue weighted by Gasteiger charge is -2.26. The molecule has 9 heteroatoms. The molecule has 4 aromatic rings. The highest BCUT2D eigenvalue weighted by molar-refractivity contribution is 6.06. The van der Waals surface area contributed by atoms with Crippen LogP contribution in [0.4, 0.5) is 13.2 Å². The van der Waals surface area contributed by atoms with Crippen molar-refractivity contribution in [2.24, 2.45) is 11.8 Å². The number of amides is 1. The number of rotatable bonds is 6. The summed E-state index contributed by atoms with van der Waals surface area (Å²) in [7, 11) is 0. The Kier molecular flexibility index (Phi) is 6.62. The molecule has 0 aliphatic heterocycles. The van der Waals surface area contributed by atoms with Gasteiger partial charge in [-0.05, 0) is 66.8 Å². The summed E-state index contributed by atoms with van der Waals surface area (Å²) >= 11 is 0. The number of aliphatic carboxylic acids is 1. The van der Waals surface area contributed by atoms with Gasteiger partial charge in [0.15, 0.2) is 0 Å². The van der Waals surface area contributed by atoms with Crippen LogP contribution in [-0.2, 0) is 17.5 Å². The highest BCUT2D eigenvalue weighted by atomic mass is 19.4. The SMILES string of the molecule is O=C(NC[C@H]1CC[C@H](C(=O)O)CC1)c1cc(C(F)(F)F)cc2ccn(Cc3cccc4cnccc34)c12. The third-order valence-electron chi connectivity index (χ3n) is 7.29. The van der Waals surface area contributed by atoms with E-state index in [9.17, 15) is 27.9 Å². The fourth-order valence-electron chi connectivity index (χ4n) is 5.27. The molecule has 2 aromatic carbocycles. The van der Waals surface area contributed by atoms with Gasteiger partial charge < -0.3 is 15.0 Å². The summed E-state index contributed by atoms with van der Waals surface area (Å²) in [5.74, 6) is -1.66. The number of carbonyl (C=O) groups excluding carboxylic acids is 1. The molecule has 2 aromatic heterocycles. The van der Waals surface area contributed by atoms with E-state index in [1.54, 1.807) is 29.2 Å². The number of aromatic nitrogens is 2. The maximum atomic E-state index is 13.7. The maximum absolute atomic E-state index is 13.7. The van der Waals surface area contributed by atoms with E-state index in [1.807, 2.05) is 24.3 Å². The molecule has 1 aliphatic rings. The van der Waals surface area contributed by atoms with Gasteiger partial charge in [-0.3, -0.25) is 14.6 Å². The minimum Gasteiger partial charge on any atom is -0.481 e. The molecule has 6 nitrogen and oxygen atoms in total. The maximum Gasteiger partial charge on any atom is 0.416 e. The van der Waals surface area contributed by atoms with Gasteiger partial charge in [-0.15, -0.1) is 0 Å². The zero-order chi connectivity index (χ0) is 26.2. The molecule has 1 aliphatic carbocycles. The average molecular weight is 510 g/mol. The van der Waals surface area contributed by atoms with Crippen molar-refractivity contribution in [3.8, 4) is 0 Å². The van der Waals surface area contributed by atoms with Gasteiger partial charge in [0.25, 0.3) is 5.91 Å². The van der Waals surface area contributed by atoms with Crippen molar-refractivity contribution in [3.63, 3.8) is 0 Å². The van der Waals surface area contributed by atoms with E-state index in [0.717, 1.165) is 28.5 Å². The van der Waals surface area contributed by atoms with Gasteiger partial charge in [0, 0.05) is 42.5 Å². The molecule has 0 saturated heterocycles. The van der Waals surface area contributed by atoms with Crippen molar-refractivity contribution >= 4 is 33.6 Å². The quantitative estimate of drug-likeness (QED) is 0.340. The largest absolute Gasteiger partial charge is 0.481 e. The number of nitrogens with one attached hydrogen (secondary N) is 1. The second-order valence-electron chi connectivity index (χ2n) is 9.68. The lowest BCUT2D eigenvalue weighted by molar-refractivity contribution is -0.143. The molecule has 192 valence electrons. The van der Waals surface area contributed by atoms with E-state index in [1.165, 1.54) is 0 Å². The Hall–Kier alpha value is -3.88. The summed E-state index contributed by atoms with van der Waals surface area (Å²) in [6.45, 7) is 0.662. The van der Waals surface area contributed by atoms with Crippen LogP contribution in [-0.4, -0.2) is 33.1 Å². The Balaban J connectivity index is 1.46. The first-order valence-corrected chi connectivity index (χ1v) is 12.2. The molecule has 2 heterocycles. The minimum atomic E-state index is -4.59. The van der Waals surface area contributed by atoms with Crippen LogP contribution < -0.4 is 5.32 Å². The number of hydrogen-bond donors (Lipinski definition) is 2. The van der Waals surface area contributed by atoms with Crippen LogP contribution in [0.3, 0.4) is 0 Å². The van der Waals surface area contributed by atoms with Crippen LogP contribution in [0, 0.1) is 11.8 Å². The van der Waals surface area contributed by atoms with Crippen molar-refractivity contribution in [1.82, 2.24) is 14.9 Å². The monoisotopic (exact) mass is 509 g/mol. The van der Waals surface area contributed by atoms with E-state index in [-0.39, 0.29) is 17.4 Å². The van der Waals surface area contributed by atoms with Gasteiger partial charge >= 0.3 is 12.1 Å². The van der Waals surface area contributed by atoms with E-state index < -0.39 is 23.6 Å². The van der Waals surface area contributed by atoms with Crippen molar-refractivity contribution in [3.05, 3.63) is 77.7 Å². The Labute approximate surface area is 211 Å². The first-order valence-electron chi connectivity index (χ1n) is 12.2. The van der Waals surface area contributed by atoms with E-state index >= 15 is 0 Å². The molecular formula is C28H26F3N3O3. The van der Waals surface area contributed by atoms with Crippen LogP contribution in [0.15, 0.2) is 61.1 Å². The Bertz CT molecular complexity index is 1460. The zero-order valence-corrected chi connectivity index (χ0v) is 20.0. The lowest BCUT2D eigenvalue weighted by Crippen LogP contribution is -2.32. The van der Waals surface area contributed by atoms with Crippen molar-refractivity contribution < 1.29 is 27.9 Å². The molecular weight excluding hydrogens is 483 g/mol. The van der Waals surface area contributed by atoms with Crippen LogP contribution >= 0.6 is 0 Å². The van der Waals surface area contributed by atoms with Gasteiger partial charge in [-0.1, -0.05) is 18.2 Å². The van der Waals surface area contributed by atoms with Gasteiger partial charge in [0.1, 0.15) is 0 Å². The van der Waals surface area contributed by atoms with Gasteiger partial charge in [-0.2, -0.15) is 13.2 Å². The standard InChI is InChI=1S/C28H26F3N3O3/c29-28(30,31)22-12-19-9-11-34(16-21-3-1-2-20-15-32-10-8-23(20)21)25(19)24(13-22)26(35)33-14-17-4-6-18(7-5-17)27(36)37/h1-3,8-13,15,17-18H,4-7,14,16H2,(H,33,35)(H,36,37)/t17-,18-. The highest BCUT2D eigenvalue weighted by Gasteiger charge is 2.33. The number of fused-ring (bicyclic) bond motifs is 2. The summed E-state index contributed by atoms with van der Waals surface area (Å²) in [5, 5.41) is 14.3. The summed E-state index contributed by atoms with van der Waals surface area (Å²) in [4.78, 5) is 28.6. The first kappa shape index (κ1) is 24.8. The summed E-state index contributed by atoms with van der Waals surface area (Å²) < 4.78 is 42.8. The number of pyridine rings is 1. The van der Waals surface area contributed by atoms with Crippen molar-refractivity contribution in [1.29, 1.82) is 0 Å². The number of carboxylic acid groups (broad SMARTS) is 1. The van der Waals surface area contributed by atoms with E-state index in [2.05, 4.69) is 10.3 Å². The molecule has 0 spiro atoms. The van der Waals surface area contributed by atoms with Crippen LogP contribution in [0.5, 0.6) is 0 Å². The second kappa shape index (κ2) is 9.88. The molecule has 1 saturated carbocycles. The third-order valence-corrected chi connectivity index (χ3v) is 7.29. The molecule has 2 N–H and O–H groups in total. The number of carboxylic acids is 1. The zero-order valence-electron chi connectivity index (χ0n) is 20.0. The lowest BCUT2D eigenvalue weighted by atomic mass is 9.82. The number of hydrogen-bond acceptors (Lipinski definition) is 3. The first-order chi connectivity index (χ1) is 17.7. The van der Waals surface area contributed by atoms with Crippen LogP contribution in [0.2, 0.25) is 0 Å². The Morgan fingerprint density at radius 1 is 1.05 bits per heavy atom. The molecule has 0 unspecified atom stereocenters. The van der Waals surface area contributed by atoms with Gasteiger partial charge in [-0.25, -0.2) is 0 Å². The van der Waals surface area contributed by atoms with Crippen LogP contribution in [0.1, 0.15) is 47.2 Å². The van der Waals surface area contributed by atoms with E-state index in [0.29, 0.717) is 49.7 Å². The Morgan fingerprint density at radius 2 is 1.84 bits per heavy atom. The van der Waals surface area contributed by atoms with Gasteiger partial charge in [0.05, 0.1) is 22.6 Å². The number of benzene rings is 2. The second-order valence-corrected chi connectivity index (χ2v) is 9.68. The van der Waals surface area contributed by atoms with Crippen molar-refractivity contribution in [2.45, 2.75) is 38.4 Å². The van der Waals surface area contributed by atoms with Gasteiger partial charge in [0.2, 0.25) is 0 Å². The molecule has 0 atom stereocenters. The number of halogens is 3. The smallest absolute Gasteiger partial charge is 0.416 e. The summed E-state index contributed by atoms with van der Waals surface area (Å²) in [5.41, 5.74) is 0.488. The topological polar surface area (TPSA) is 84.2 Å². The minimum absolute atomic E-state index is 0.0315. The summed E-state index contributed by atoms with van der Waals surface area (Å²) in [6, 6.07) is 11.3. The molecule has 1 amide bonds. The number of nitrogens with zero attached hydrogens (tertiary/aromatic N) is 2. The van der Waals surface area contributed by atoms with Crippen LogP contribution in [0.25, 0.3) is 21.7 Å². The average Bonchev–Trinajstić information content (AvgIpc) is 3.29. The molecule has 5 rings (SSSR count). The number of carbonyl (C=O) groups is 2. The molecule has 37 heavy (non-hydrogen) atoms. The fourth-order valence-corrected chi connectivity index (χ4v) is 5.27.